The first kappa shape index (κ1) is 27.3. The molecule has 1 heterocycles. The Balaban J connectivity index is 1.43. The van der Waals surface area contributed by atoms with Crippen molar-refractivity contribution in [3.05, 3.63) is 123 Å². The van der Waals surface area contributed by atoms with Crippen LogP contribution in [0.5, 0.6) is 0 Å². The summed E-state index contributed by atoms with van der Waals surface area (Å²) < 4.78 is 0. The molecule has 196 valence electrons. The number of amides is 2. The lowest BCUT2D eigenvalue weighted by molar-refractivity contribution is 0.0730. The van der Waals surface area contributed by atoms with E-state index >= 15 is 0 Å². The van der Waals surface area contributed by atoms with Gasteiger partial charge in [-0.25, -0.2) is 4.98 Å². The van der Waals surface area contributed by atoms with Gasteiger partial charge in [0.05, 0.1) is 6.54 Å². The molecule has 38 heavy (non-hydrogen) atoms. The molecular weight excluding hydrogens is 490 g/mol. The van der Waals surface area contributed by atoms with Crippen molar-refractivity contribution in [2.24, 2.45) is 0 Å². The molecule has 0 aliphatic carbocycles. The average molecular weight is 526 g/mol. The summed E-state index contributed by atoms with van der Waals surface area (Å²) in [5.41, 5.74) is 4.38. The van der Waals surface area contributed by atoms with E-state index in [1.54, 1.807) is 10.3 Å². The van der Waals surface area contributed by atoms with Crippen molar-refractivity contribution in [1.29, 1.82) is 0 Å². The molecule has 0 aliphatic rings. The molecule has 0 saturated carbocycles. The summed E-state index contributed by atoms with van der Waals surface area (Å²) in [4.78, 5) is 32.6. The van der Waals surface area contributed by atoms with Gasteiger partial charge in [0, 0.05) is 24.0 Å². The number of carbonyl (C=O) groups excluding carboxylic acids is 2. The molecule has 3 aromatic carbocycles. The minimum atomic E-state index is -0.216. The number of aryl methyl sites for hydroxylation is 1. The van der Waals surface area contributed by atoms with Gasteiger partial charge in [-0.1, -0.05) is 99.0 Å². The summed E-state index contributed by atoms with van der Waals surface area (Å²) in [6.07, 6.45) is 5.94. The molecule has 0 spiro atoms. The van der Waals surface area contributed by atoms with Gasteiger partial charge in [-0.3, -0.25) is 9.59 Å². The molecule has 1 N–H and O–H groups in total. The normalized spacial score (nSPS) is 10.8. The summed E-state index contributed by atoms with van der Waals surface area (Å²) >= 11 is 1.40. The minimum absolute atomic E-state index is 0.0448. The first-order chi connectivity index (χ1) is 18.6. The van der Waals surface area contributed by atoms with Gasteiger partial charge in [-0.15, -0.1) is 11.3 Å². The highest BCUT2D eigenvalue weighted by atomic mass is 32.1. The maximum atomic E-state index is 13.6. The van der Waals surface area contributed by atoms with Gasteiger partial charge in [-0.05, 0) is 41.7 Å². The predicted molar refractivity (Wildman–Crippen MR) is 154 cm³/mol. The zero-order valence-corrected chi connectivity index (χ0v) is 22.8. The predicted octanol–water partition coefficient (Wildman–Crippen LogP) is 7.04. The third-order valence-electron chi connectivity index (χ3n) is 6.43. The molecule has 0 bridgehead atoms. The van der Waals surface area contributed by atoms with Crippen LogP contribution in [0.3, 0.4) is 0 Å². The Bertz CT molecular complexity index is 1290. The van der Waals surface area contributed by atoms with Crippen LogP contribution in [-0.4, -0.2) is 21.7 Å². The fourth-order valence-electron chi connectivity index (χ4n) is 4.28. The lowest BCUT2D eigenvalue weighted by Crippen LogP contribution is -2.30. The van der Waals surface area contributed by atoms with Gasteiger partial charge >= 0.3 is 0 Å². The first-order valence-electron chi connectivity index (χ1n) is 13.3. The highest BCUT2D eigenvalue weighted by Gasteiger charge is 2.19. The highest BCUT2D eigenvalue weighted by molar-refractivity contribution is 7.09. The number of rotatable bonds is 13. The van der Waals surface area contributed by atoms with Gasteiger partial charge < -0.3 is 10.2 Å². The molecule has 0 saturated heterocycles. The molecule has 4 rings (SSSR count). The Hall–Kier alpha value is -3.77. The van der Waals surface area contributed by atoms with Gasteiger partial charge in [0.25, 0.3) is 11.8 Å². The molecule has 4 aromatic rings. The second-order valence-electron chi connectivity index (χ2n) is 9.45. The number of nitrogens with zero attached hydrogens (tertiary/aromatic N) is 2. The van der Waals surface area contributed by atoms with Gasteiger partial charge in [0.2, 0.25) is 0 Å². The third-order valence-corrected chi connectivity index (χ3v) is 7.26. The molecule has 6 heteroatoms. The maximum Gasteiger partial charge on any atom is 0.271 e. The lowest BCUT2D eigenvalue weighted by Gasteiger charge is -2.22. The van der Waals surface area contributed by atoms with Crippen molar-refractivity contribution < 1.29 is 9.59 Å². The summed E-state index contributed by atoms with van der Waals surface area (Å²) in [5, 5.41) is 5.41. The van der Waals surface area contributed by atoms with Gasteiger partial charge in [0.1, 0.15) is 10.7 Å². The van der Waals surface area contributed by atoms with Crippen molar-refractivity contribution in [2.45, 2.75) is 58.7 Å². The molecular formula is C32H35N3O2S. The van der Waals surface area contributed by atoms with Crippen LogP contribution in [0.25, 0.3) is 0 Å². The maximum absolute atomic E-state index is 13.6. The summed E-state index contributed by atoms with van der Waals surface area (Å²) in [7, 11) is 0. The highest BCUT2D eigenvalue weighted by Crippen LogP contribution is 2.19. The molecule has 0 atom stereocenters. The molecule has 0 unspecified atom stereocenters. The Kier molecular flexibility index (Phi) is 10.2. The fraction of sp³-hybridized carbons (Fsp3) is 0.281. The Morgan fingerprint density at radius 3 is 2.16 bits per heavy atom. The zero-order chi connectivity index (χ0) is 26.6. The summed E-state index contributed by atoms with van der Waals surface area (Å²) in [5.74, 6) is -0.261. The minimum Gasteiger partial charge on any atom is -0.347 e. The second-order valence-corrected chi connectivity index (χ2v) is 10.4. The Morgan fingerprint density at radius 2 is 1.47 bits per heavy atom. The molecule has 0 aliphatic heterocycles. The number of benzene rings is 3. The smallest absolute Gasteiger partial charge is 0.271 e. The number of thiazole rings is 1. The quantitative estimate of drug-likeness (QED) is 0.191. The van der Waals surface area contributed by atoms with Crippen LogP contribution >= 0.6 is 11.3 Å². The molecule has 5 nitrogen and oxygen atoms in total. The molecule has 1 aromatic heterocycles. The van der Waals surface area contributed by atoms with Crippen molar-refractivity contribution in [3.8, 4) is 0 Å². The number of hydrogen-bond donors (Lipinski definition) is 1. The monoisotopic (exact) mass is 525 g/mol. The SMILES string of the molecule is CCCCCCc1ccc(C(=O)N(Cc2ccccc2)Cc2nc(C(=O)NCc3ccccc3)cs2)cc1. The van der Waals surface area contributed by atoms with Crippen LogP contribution in [0, 0.1) is 0 Å². The average Bonchev–Trinajstić information content (AvgIpc) is 3.43. The number of unbranched alkanes of at least 4 members (excludes halogenated alkanes) is 3. The Labute approximate surface area is 229 Å². The number of aromatic nitrogens is 1. The van der Waals surface area contributed by atoms with E-state index in [2.05, 4.69) is 29.4 Å². The number of hydrogen-bond acceptors (Lipinski definition) is 4. The van der Waals surface area contributed by atoms with Crippen LogP contribution in [0.15, 0.2) is 90.3 Å². The van der Waals surface area contributed by atoms with E-state index < -0.39 is 0 Å². The third kappa shape index (κ3) is 8.12. The molecule has 0 radical (unpaired) electrons. The van der Waals surface area contributed by atoms with Crippen LogP contribution in [0.2, 0.25) is 0 Å². The van der Waals surface area contributed by atoms with Gasteiger partial charge in [-0.2, -0.15) is 0 Å². The van der Waals surface area contributed by atoms with Crippen LogP contribution in [-0.2, 0) is 26.1 Å². The van der Waals surface area contributed by atoms with E-state index in [1.165, 1.54) is 42.6 Å². The van der Waals surface area contributed by atoms with E-state index in [0.29, 0.717) is 30.9 Å². The van der Waals surface area contributed by atoms with Crippen LogP contribution < -0.4 is 5.32 Å². The standard InChI is InChI=1S/C32H35N3O2S/c1-2-3-4-7-12-25-17-19-28(20-18-25)32(37)35(22-27-15-10-6-11-16-27)23-30-34-29(24-38-30)31(36)33-21-26-13-8-5-9-14-26/h5-6,8-11,13-20,24H,2-4,7,12,21-23H2,1H3,(H,33,36). The van der Waals surface area contributed by atoms with Gasteiger partial charge in [0.15, 0.2) is 0 Å². The van der Waals surface area contributed by atoms with Crippen molar-refractivity contribution in [2.75, 3.05) is 0 Å². The van der Waals surface area contributed by atoms with E-state index in [0.717, 1.165) is 22.6 Å². The lowest BCUT2D eigenvalue weighted by atomic mass is 10.0. The molecule has 0 fully saturated rings. The number of carbonyl (C=O) groups is 2. The second kappa shape index (κ2) is 14.2. The van der Waals surface area contributed by atoms with Crippen molar-refractivity contribution >= 4 is 23.2 Å². The van der Waals surface area contributed by atoms with Crippen LogP contribution in [0.1, 0.15) is 75.2 Å². The largest absolute Gasteiger partial charge is 0.347 e. The van der Waals surface area contributed by atoms with E-state index in [-0.39, 0.29) is 11.8 Å². The Morgan fingerprint density at radius 1 is 0.789 bits per heavy atom. The first-order valence-corrected chi connectivity index (χ1v) is 14.2. The van der Waals surface area contributed by atoms with Crippen LogP contribution in [0.4, 0.5) is 0 Å². The van der Waals surface area contributed by atoms with E-state index in [4.69, 9.17) is 0 Å². The summed E-state index contributed by atoms with van der Waals surface area (Å²) in [6, 6.07) is 27.7. The van der Waals surface area contributed by atoms with E-state index in [9.17, 15) is 9.59 Å². The van der Waals surface area contributed by atoms with Crippen molar-refractivity contribution in [3.63, 3.8) is 0 Å². The molecule has 2 amide bonds. The topological polar surface area (TPSA) is 62.3 Å². The van der Waals surface area contributed by atoms with Crippen molar-refractivity contribution in [1.82, 2.24) is 15.2 Å². The zero-order valence-electron chi connectivity index (χ0n) is 21.9. The summed E-state index contributed by atoms with van der Waals surface area (Å²) in [6.45, 7) is 3.46. The number of nitrogens with one attached hydrogen (secondary N) is 1. The van der Waals surface area contributed by atoms with E-state index in [1.807, 2.05) is 72.8 Å². The fourth-order valence-corrected chi connectivity index (χ4v) is 5.06.